The summed E-state index contributed by atoms with van der Waals surface area (Å²) in [6, 6.07) is 6.99. The van der Waals surface area contributed by atoms with E-state index in [1.807, 2.05) is 0 Å². The summed E-state index contributed by atoms with van der Waals surface area (Å²) >= 11 is 0. The summed E-state index contributed by atoms with van der Waals surface area (Å²) in [5.74, 6) is 1.02. The van der Waals surface area contributed by atoms with E-state index in [0.717, 1.165) is 13.7 Å². The lowest BCUT2D eigenvalue weighted by atomic mass is 10.2. The molecule has 3 aromatic rings. The van der Waals surface area contributed by atoms with Gasteiger partial charge in [0.15, 0.2) is 0 Å². The minimum atomic E-state index is -0.788. The number of aromatic nitrogens is 5. The van der Waals surface area contributed by atoms with E-state index in [1.54, 1.807) is 31.4 Å². The topological polar surface area (TPSA) is 114 Å². The molecule has 10 heteroatoms. The van der Waals surface area contributed by atoms with Gasteiger partial charge in [-0.05, 0) is 24.3 Å². The van der Waals surface area contributed by atoms with Crippen LogP contribution in [0.1, 0.15) is 5.89 Å². The van der Waals surface area contributed by atoms with E-state index in [0.29, 0.717) is 17.1 Å². The fourth-order valence-corrected chi connectivity index (χ4v) is 2.70. The number of allylic oxidation sites excluding steroid dienone is 2. The number of nitrogens with zero attached hydrogens (tertiary/aromatic N) is 5. The molecular formula is C19H19N5O5. The molecule has 0 saturated heterocycles. The largest absolute Gasteiger partial charge is 0.497 e. The third-order valence-electron chi connectivity index (χ3n) is 4.12. The SMILES string of the molecule is C=CCn1c(=O)n(CC=C)c(=O)n(Cc2nc(-c3ccc(OC)cc3)no2)c1=O. The van der Waals surface area contributed by atoms with Crippen molar-refractivity contribution < 1.29 is 9.26 Å². The number of methoxy groups -OCH3 is 1. The molecule has 0 atom stereocenters. The average molecular weight is 397 g/mol. The van der Waals surface area contributed by atoms with Crippen molar-refractivity contribution in [3.8, 4) is 17.1 Å². The van der Waals surface area contributed by atoms with E-state index >= 15 is 0 Å². The Labute approximate surface area is 164 Å². The molecule has 1 aromatic carbocycles. The summed E-state index contributed by atoms with van der Waals surface area (Å²) in [7, 11) is 1.56. The molecule has 2 aromatic heterocycles. The smallest absolute Gasteiger partial charge is 0.337 e. The Kier molecular flexibility index (Phi) is 5.72. The van der Waals surface area contributed by atoms with Gasteiger partial charge in [-0.2, -0.15) is 4.98 Å². The zero-order valence-corrected chi connectivity index (χ0v) is 15.8. The highest BCUT2D eigenvalue weighted by Crippen LogP contribution is 2.19. The first-order valence-electron chi connectivity index (χ1n) is 8.63. The van der Waals surface area contributed by atoms with Crippen LogP contribution in [0.2, 0.25) is 0 Å². The second-order valence-corrected chi connectivity index (χ2v) is 5.97. The molecule has 0 aliphatic heterocycles. The van der Waals surface area contributed by atoms with Crippen molar-refractivity contribution in [3.63, 3.8) is 0 Å². The van der Waals surface area contributed by atoms with Crippen LogP contribution in [0.3, 0.4) is 0 Å². The van der Waals surface area contributed by atoms with Crippen molar-refractivity contribution in [2.24, 2.45) is 0 Å². The molecule has 0 N–H and O–H groups in total. The summed E-state index contributed by atoms with van der Waals surface area (Å²) in [5, 5.41) is 3.88. The van der Waals surface area contributed by atoms with Crippen LogP contribution in [-0.2, 0) is 19.6 Å². The molecule has 2 heterocycles. The molecule has 29 heavy (non-hydrogen) atoms. The lowest BCUT2D eigenvalue weighted by Crippen LogP contribution is -2.54. The van der Waals surface area contributed by atoms with Crippen molar-refractivity contribution in [2.75, 3.05) is 7.11 Å². The zero-order valence-electron chi connectivity index (χ0n) is 15.8. The Morgan fingerprint density at radius 1 is 0.966 bits per heavy atom. The number of hydrogen-bond acceptors (Lipinski definition) is 7. The number of ether oxygens (including phenoxy) is 1. The lowest BCUT2D eigenvalue weighted by molar-refractivity contribution is 0.360. The Morgan fingerprint density at radius 3 is 2.03 bits per heavy atom. The van der Waals surface area contributed by atoms with E-state index < -0.39 is 17.1 Å². The molecule has 0 fully saturated rings. The van der Waals surface area contributed by atoms with E-state index in [-0.39, 0.29) is 25.5 Å². The monoisotopic (exact) mass is 397 g/mol. The minimum absolute atomic E-state index is 0.0453. The van der Waals surface area contributed by atoms with E-state index in [4.69, 9.17) is 9.26 Å². The zero-order chi connectivity index (χ0) is 21.0. The van der Waals surface area contributed by atoms with Gasteiger partial charge >= 0.3 is 17.1 Å². The molecule has 0 spiro atoms. The van der Waals surface area contributed by atoms with E-state index in [2.05, 4.69) is 23.3 Å². The van der Waals surface area contributed by atoms with Crippen LogP contribution in [0, 0.1) is 0 Å². The molecule has 10 nitrogen and oxygen atoms in total. The maximum atomic E-state index is 12.6. The fraction of sp³-hybridized carbons (Fsp3) is 0.211. The van der Waals surface area contributed by atoms with Gasteiger partial charge in [-0.3, -0.25) is 0 Å². The molecule has 150 valence electrons. The number of hydrogen-bond donors (Lipinski definition) is 0. The Bertz CT molecular complexity index is 1170. The average Bonchev–Trinajstić information content (AvgIpc) is 3.20. The lowest BCUT2D eigenvalue weighted by Gasteiger charge is -2.10. The van der Waals surface area contributed by atoms with Crippen LogP contribution < -0.4 is 21.8 Å². The number of rotatable bonds is 8. The molecule has 0 unspecified atom stereocenters. The first-order valence-corrected chi connectivity index (χ1v) is 8.63. The predicted octanol–water partition coefficient (Wildman–Crippen LogP) is 0.651. The third-order valence-corrected chi connectivity index (χ3v) is 4.12. The Balaban J connectivity index is 2.02. The van der Waals surface area contributed by atoms with Crippen molar-refractivity contribution in [1.82, 2.24) is 23.8 Å². The molecule has 3 rings (SSSR count). The van der Waals surface area contributed by atoms with Crippen LogP contribution in [-0.4, -0.2) is 31.0 Å². The standard InChI is InChI=1S/C19H19N5O5/c1-4-10-22-17(25)23(11-5-2)19(27)24(18(22)26)12-15-20-16(21-29-15)13-6-8-14(28-3)9-7-13/h4-9H,1-2,10-12H2,3H3. The Morgan fingerprint density at radius 2 is 1.52 bits per heavy atom. The first kappa shape index (κ1) is 19.8. The molecule has 0 aliphatic rings. The molecule has 0 bridgehead atoms. The van der Waals surface area contributed by atoms with Crippen LogP contribution in [0.4, 0.5) is 0 Å². The summed E-state index contributed by atoms with van der Waals surface area (Å²) in [4.78, 5) is 41.9. The van der Waals surface area contributed by atoms with Gasteiger partial charge in [0.25, 0.3) is 0 Å². The second kappa shape index (κ2) is 8.38. The molecule has 0 amide bonds. The van der Waals surface area contributed by atoms with E-state index in [9.17, 15) is 14.4 Å². The minimum Gasteiger partial charge on any atom is -0.497 e. The molecule has 0 aliphatic carbocycles. The maximum Gasteiger partial charge on any atom is 0.337 e. The summed E-state index contributed by atoms with van der Waals surface area (Å²) in [5.41, 5.74) is -1.64. The van der Waals surface area contributed by atoms with Crippen LogP contribution in [0.25, 0.3) is 11.4 Å². The van der Waals surface area contributed by atoms with Gasteiger partial charge in [-0.25, -0.2) is 28.1 Å². The van der Waals surface area contributed by atoms with Gasteiger partial charge in [0.2, 0.25) is 11.7 Å². The van der Waals surface area contributed by atoms with Gasteiger partial charge in [0.05, 0.1) is 20.2 Å². The summed E-state index contributed by atoms with van der Waals surface area (Å²) in [6.07, 6.45) is 2.79. The van der Waals surface area contributed by atoms with Gasteiger partial charge < -0.3 is 9.26 Å². The first-order chi connectivity index (χ1) is 14.0. The van der Waals surface area contributed by atoms with Gasteiger partial charge in [-0.15, -0.1) is 13.2 Å². The fourth-order valence-electron chi connectivity index (χ4n) is 2.70. The maximum absolute atomic E-state index is 12.6. The quantitative estimate of drug-likeness (QED) is 0.513. The van der Waals surface area contributed by atoms with E-state index in [1.165, 1.54) is 12.2 Å². The van der Waals surface area contributed by atoms with Crippen LogP contribution >= 0.6 is 0 Å². The normalized spacial score (nSPS) is 10.7. The molecular weight excluding hydrogens is 378 g/mol. The van der Waals surface area contributed by atoms with Crippen molar-refractivity contribution >= 4 is 0 Å². The van der Waals surface area contributed by atoms with Crippen LogP contribution in [0.15, 0.2) is 68.5 Å². The highest BCUT2D eigenvalue weighted by atomic mass is 16.5. The highest BCUT2D eigenvalue weighted by molar-refractivity contribution is 5.55. The molecule has 0 saturated carbocycles. The van der Waals surface area contributed by atoms with Gasteiger partial charge in [-0.1, -0.05) is 17.3 Å². The molecule has 0 radical (unpaired) electrons. The van der Waals surface area contributed by atoms with Crippen molar-refractivity contribution in [2.45, 2.75) is 19.6 Å². The number of benzene rings is 1. The van der Waals surface area contributed by atoms with Gasteiger partial charge in [0, 0.05) is 5.56 Å². The highest BCUT2D eigenvalue weighted by Gasteiger charge is 2.17. The van der Waals surface area contributed by atoms with Gasteiger partial charge in [0.1, 0.15) is 12.3 Å². The summed E-state index contributed by atoms with van der Waals surface area (Å²) < 4.78 is 13.0. The third kappa shape index (κ3) is 3.86. The second-order valence-electron chi connectivity index (χ2n) is 5.97. The summed E-state index contributed by atoms with van der Waals surface area (Å²) in [6.45, 7) is 6.69. The van der Waals surface area contributed by atoms with Crippen molar-refractivity contribution in [3.05, 3.63) is 86.9 Å². The Hall–Kier alpha value is -3.95. The van der Waals surface area contributed by atoms with Crippen LogP contribution in [0.5, 0.6) is 5.75 Å². The van der Waals surface area contributed by atoms with Crippen molar-refractivity contribution in [1.29, 1.82) is 0 Å². The predicted molar refractivity (Wildman–Crippen MR) is 105 cm³/mol.